The van der Waals surface area contributed by atoms with Gasteiger partial charge in [0.1, 0.15) is 0 Å². The van der Waals surface area contributed by atoms with Gasteiger partial charge in [0, 0.05) is 0 Å². The van der Waals surface area contributed by atoms with Crippen LogP contribution in [0.1, 0.15) is 72.1 Å². The summed E-state index contributed by atoms with van der Waals surface area (Å²) < 4.78 is 0. The van der Waals surface area contributed by atoms with E-state index >= 15 is 0 Å². The zero-order chi connectivity index (χ0) is 16.6. The monoisotopic (exact) mass is 318 g/mol. The first kappa shape index (κ1) is 16.1. The molecule has 0 aliphatic heterocycles. The SMILES string of the molecule is C=C1C[C@@]2(C)[C@H](CC[C@@H]3[C@@H]2CC[C@@]2(C)[C@H]3CC[C@@]2(C)O)C[C@H]1O. The lowest BCUT2D eigenvalue weighted by molar-refractivity contribution is -0.146. The van der Waals surface area contributed by atoms with Crippen LogP contribution in [-0.4, -0.2) is 21.9 Å². The highest BCUT2D eigenvalue weighted by Crippen LogP contribution is 2.68. The molecule has 4 aliphatic rings. The standard InChI is InChI=1S/C21H34O2/c1-13-12-19(2)14(11-18(13)22)5-6-15-16(19)7-9-20(3)17(15)8-10-21(20,4)23/h14-18,22-23H,1,5-12H2,2-4H3/t14-,15-,16+,17+,18-,19+,20+,21-/m1/s1. The van der Waals surface area contributed by atoms with Crippen LogP contribution < -0.4 is 0 Å². The molecule has 8 atom stereocenters. The van der Waals surface area contributed by atoms with Crippen molar-refractivity contribution in [2.45, 2.75) is 83.8 Å². The molecule has 4 rings (SSSR count). The third-order valence-electron chi connectivity index (χ3n) is 9.21. The Bertz CT molecular complexity index is 524. The van der Waals surface area contributed by atoms with E-state index in [9.17, 15) is 10.2 Å². The van der Waals surface area contributed by atoms with Gasteiger partial charge in [-0.05, 0) is 98.4 Å². The molecule has 0 unspecified atom stereocenters. The van der Waals surface area contributed by atoms with Crippen LogP contribution in [0.2, 0.25) is 0 Å². The molecule has 0 saturated heterocycles. The fraction of sp³-hybridized carbons (Fsp3) is 0.905. The summed E-state index contributed by atoms with van der Waals surface area (Å²) in [5.74, 6) is 2.88. The maximum atomic E-state index is 11.0. The van der Waals surface area contributed by atoms with Crippen LogP contribution in [0.25, 0.3) is 0 Å². The summed E-state index contributed by atoms with van der Waals surface area (Å²) in [6.45, 7) is 11.1. The van der Waals surface area contributed by atoms with E-state index in [1.165, 1.54) is 32.1 Å². The smallest absolute Gasteiger partial charge is 0.0750 e. The summed E-state index contributed by atoms with van der Waals surface area (Å²) in [6, 6.07) is 0. The zero-order valence-electron chi connectivity index (χ0n) is 15.1. The van der Waals surface area contributed by atoms with Gasteiger partial charge in [0.15, 0.2) is 0 Å². The number of hydrogen-bond donors (Lipinski definition) is 2. The second-order valence-corrected chi connectivity index (χ2v) is 10.0. The molecule has 0 bridgehead atoms. The molecule has 0 spiro atoms. The quantitative estimate of drug-likeness (QED) is 0.654. The molecular weight excluding hydrogens is 284 g/mol. The normalized spacial score (nSPS) is 59.2. The van der Waals surface area contributed by atoms with Crippen LogP contribution in [-0.2, 0) is 0 Å². The van der Waals surface area contributed by atoms with Crippen LogP contribution in [0.4, 0.5) is 0 Å². The van der Waals surface area contributed by atoms with Gasteiger partial charge in [-0.1, -0.05) is 20.4 Å². The molecule has 0 radical (unpaired) electrons. The van der Waals surface area contributed by atoms with E-state index in [0.29, 0.717) is 17.3 Å². The number of aliphatic hydroxyl groups is 2. The minimum absolute atomic E-state index is 0.114. The minimum Gasteiger partial charge on any atom is -0.390 e. The molecule has 2 heteroatoms. The number of aliphatic hydroxyl groups excluding tert-OH is 1. The fourth-order valence-electron chi connectivity index (χ4n) is 7.48. The average Bonchev–Trinajstić information content (AvgIpc) is 2.71. The van der Waals surface area contributed by atoms with Crippen LogP contribution in [0.5, 0.6) is 0 Å². The highest BCUT2D eigenvalue weighted by Gasteiger charge is 2.63. The summed E-state index contributed by atoms with van der Waals surface area (Å²) >= 11 is 0. The van der Waals surface area contributed by atoms with Gasteiger partial charge < -0.3 is 10.2 Å². The Morgan fingerprint density at radius 2 is 1.70 bits per heavy atom. The van der Waals surface area contributed by atoms with E-state index in [2.05, 4.69) is 27.4 Å². The molecule has 0 heterocycles. The molecule has 0 aromatic heterocycles. The van der Waals surface area contributed by atoms with Crippen molar-refractivity contribution in [3.63, 3.8) is 0 Å². The summed E-state index contributed by atoms with van der Waals surface area (Å²) in [6.07, 6.45) is 8.84. The molecule has 0 aromatic rings. The molecule has 2 N–H and O–H groups in total. The van der Waals surface area contributed by atoms with Crippen LogP contribution in [0.3, 0.4) is 0 Å². The number of rotatable bonds is 0. The van der Waals surface area contributed by atoms with Crippen molar-refractivity contribution >= 4 is 0 Å². The fourth-order valence-corrected chi connectivity index (χ4v) is 7.48. The molecule has 4 aliphatic carbocycles. The molecule has 23 heavy (non-hydrogen) atoms. The van der Waals surface area contributed by atoms with Gasteiger partial charge in [-0.15, -0.1) is 0 Å². The van der Waals surface area contributed by atoms with Gasteiger partial charge in [-0.2, -0.15) is 0 Å². The van der Waals surface area contributed by atoms with Crippen molar-refractivity contribution in [3.05, 3.63) is 12.2 Å². The Morgan fingerprint density at radius 1 is 1.00 bits per heavy atom. The Balaban J connectivity index is 1.66. The Labute approximate surface area is 141 Å². The lowest BCUT2D eigenvalue weighted by atomic mass is 9.44. The summed E-state index contributed by atoms with van der Waals surface area (Å²) in [7, 11) is 0. The first-order valence-electron chi connectivity index (χ1n) is 9.77. The molecule has 2 nitrogen and oxygen atoms in total. The third-order valence-corrected chi connectivity index (χ3v) is 9.21. The minimum atomic E-state index is -0.479. The van der Waals surface area contributed by atoms with Gasteiger partial charge in [-0.3, -0.25) is 0 Å². The van der Waals surface area contributed by atoms with Crippen LogP contribution >= 0.6 is 0 Å². The maximum absolute atomic E-state index is 11.0. The van der Waals surface area contributed by atoms with Crippen molar-refractivity contribution in [1.82, 2.24) is 0 Å². The topological polar surface area (TPSA) is 40.5 Å². The molecule has 4 fully saturated rings. The largest absolute Gasteiger partial charge is 0.390 e. The lowest BCUT2D eigenvalue weighted by Gasteiger charge is -2.61. The van der Waals surface area contributed by atoms with Crippen molar-refractivity contribution < 1.29 is 10.2 Å². The summed E-state index contributed by atoms with van der Waals surface area (Å²) in [5.41, 5.74) is 1.03. The molecule has 130 valence electrons. The average molecular weight is 319 g/mol. The van der Waals surface area contributed by atoms with Gasteiger partial charge in [0.2, 0.25) is 0 Å². The first-order valence-corrected chi connectivity index (χ1v) is 9.77. The van der Waals surface area contributed by atoms with Gasteiger partial charge >= 0.3 is 0 Å². The Kier molecular flexibility index (Phi) is 3.40. The number of hydrogen-bond acceptors (Lipinski definition) is 2. The summed E-state index contributed by atoms with van der Waals surface area (Å²) in [5, 5.41) is 21.2. The second kappa shape index (κ2) is 4.85. The molecule has 0 aromatic carbocycles. The van der Waals surface area contributed by atoms with Crippen LogP contribution in [0.15, 0.2) is 12.2 Å². The highest BCUT2D eigenvalue weighted by atomic mass is 16.3. The van der Waals surface area contributed by atoms with Gasteiger partial charge in [0.25, 0.3) is 0 Å². The van der Waals surface area contributed by atoms with Crippen molar-refractivity contribution in [1.29, 1.82) is 0 Å². The molecular formula is C21H34O2. The zero-order valence-corrected chi connectivity index (χ0v) is 15.1. The van der Waals surface area contributed by atoms with Crippen molar-refractivity contribution in [2.75, 3.05) is 0 Å². The molecule has 0 amide bonds. The van der Waals surface area contributed by atoms with Crippen molar-refractivity contribution in [2.24, 2.45) is 34.5 Å². The molecule has 4 saturated carbocycles. The maximum Gasteiger partial charge on any atom is 0.0750 e. The number of fused-ring (bicyclic) bond motifs is 5. The van der Waals surface area contributed by atoms with Crippen LogP contribution in [0, 0.1) is 34.5 Å². The first-order chi connectivity index (χ1) is 10.7. The van der Waals surface area contributed by atoms with E-state index in [-0.39, 0.29) is 11.5 Å². The highest BCUT2D eigenvalue weighted by molar-refractivity contribution is 5.18. The van der Waals surface area contributed by atoms with Gasteiger partial charge in [-0.25, -0.2) is 0 Å². The van der Waals surface area contributed by atoms with Crippen molar-refractivity contribution in [3.8, 4) is 0 Å². The van der Waals surface area contributed by atoms with Gasteiger partial charge in [0.05, 0.1) is 11.7 Å². The predicted molar refractivity (Wildman–Crippen MR) is 92.9 cm³/mol. The Hall–Kier alpha value is -0.340. The predicted octanol–water partition coefficient (Wildman–Crippen LogP) is 4.31. The lowest BCUT2D eigenvalue weighted by Crippen LogP contribution is -2.56. The van der Waals surface area contributed by atoms with E-state index in [4.69, 9.17) is 0 Å². The summed E-state index contributed by atoms with van der Waals surface area (Å²) in [4.78, 5) is 0. The third kappa shape index (κ3) is 2.00. The van der Waals surface area contributed by atoms with E-state index in [1.54, 1.807) is 0 Å². The Morgan fingerprint density at radius 3 is 2.43 bits per heavy atom. The second-order valence-electron chi connectivity index (χ2n) is 10.0. The van der Waals surface area contributed by atoms with E-state index in [0.717, 1.165) is 36.7 Å². The van der Waals surface area contributed by atoms with E-state index in [1.807, 2.05) is 0 Å². The van der Waals surface area contributed by atoms with E-state index < -0.39 is 5.60 Å².